The minimum atomic E-state index is -3.62. The second-order valence-electron chi connectivity index (χ2n) is 5.38. The van der Waals surface area contributed by atoms with Crippen molar-refractivity contribution in [2.24, 2.45) is 13.0 Å². The molecule has 0 aliphatic heterocycles. The fourth-order valence-electron chi connectivity index (χ4n) is 2.45. The van der Waals surface area contributed by atoms with Crippen LogP contribution in [0.1, 0.15) is 39.0 Å². The SMILES string of the molecule is CC1CCCC(NS(=O)(=O)c2ncn(C)c2Cl)CC1. The van der Waals surface area contributed by atoms with Crippen molar-refractivity contribution in [2.75, 3.05) is 0 Å². The summed E-state index contributed by atoms with van der Waals surface area (Å²) in [5, 5.41) is 0.0726. The van der Waals surface area contributed by atoms with Crippen LogP contribution in [0.25, 0.3) is 0 Å². The van der Waals surface area contributed by atoms with E-state index in [2.05, 4.69) is 16.6 Å². The Kier molecular flexibility index (Phi) is 4.53. The quantitative estimate of drug-likeness (QED) is 0.872. The van der Waals surface area contributed by atoms with Crippen molar-refractivity contribution in [2.45, 2.75) is 50.1 Å². The van der Waals surface area contributed by atoms with Crippen LogP contribution in [0.15, 0.2) is 11.4 Å². The van der Waals surface area contributed by atoms with Crippen LogP contribution in [0.2, 0.25) is 5.15 Å². The van der Waals surface area contributed by atoms with Crippen molar-refractivity contribution in [3.63, 3.8) is 0 Å². The average molecular weight is 306 g/mol. The lowest BCUT2D eigenvalue weighted by atomic mass is 10.0. The second-order valence-corrected chi connectivity index (χ2v) is 7.37. The number of sulfonamides is 1. The van der Waals surface area contributed by atoms with Crippen LogP contribution < -0.4 is 4.72 Å². The summed E-state index contributed by atoms with van der Waals surface area (Å²) in [5.41, 5.74) is 0. The smallest absolute Gasteiger partial charge is 0.261 e. The Labute approximate surface area is 119 Å². The number of halogens is 1. The summed E-state index contributed by atoms with van der Waals surface area (Å²) in [5.74, 6) is 0.674. The van der Waals surface area contributed by atoms with E-state index in [1.54, 1.807) is 7.05 Å². The van der Waals surface area contributed by atoms with Crippen LogP contribution in [0, 0.1) is 5.92 Å². The minimum absolute atomic E-state index is 0.00646. The maximum atomic E-state index is 12.3. The molecule has 1 N–H and O–H groups in total. The van der Waals surface area contributed by atoms with Gasteiger partial charge < -0.3 is 4.57 Å². The molecular formula is C12H20ClN3O2S. The van der Waals surface area contributed by atoms with Crippen molar-refractivity contribution >= 4 is 21.6 Å². The van der Waals surface area contributed by atoms with Gasteiger partial charge in [-0.05, 0) is 25.2 Å². The first-order valence-corrected chi connectivity index (χ1v) is 8.45. The Bertz CT molecular complexity index is 541. The zero-order chi connectivity index (χ0) is 14.0. The molecule has 0 amide bonds. The van der Waals surface area contributed by atoms with Gasteiger partial charge in [0, 0.05) is 13.1 Å². The van der Waals surface area contributed by atoms with Gasteiger partial charge in [-0.3, -0.25) is 0 Å². The Morgan fingerprint density at radius 3 is 2.74 bits per heavy atom. The van der Waals surface area contributed by atoms with E-state index in [0.29, 0.717) is 5.92 Å². The normalized spacial score (nSPS) is 25.2. The van der Waals surface area contributed by atoms with Gasteiger partial charge in [-0.2, -0.15) is 0 Å². The number of hydrogen-bond acceptors (Lipinski definition) is 3. The van der Waals surface area contributed by atoms with Gasteiger partial charge in [0.1, 0.15) is 5.15 Å². The molecule has 0 radical (unpaired) electrons. The van der Waals surface area contributed by atoms with Gasteiger partial charge in [0.2, 0.25) is 5.03 Å². The lowest BCUT2D eigenvalue weighted by Gasteiger charge is -2.15. The van der Waals surface area contributed by atoms with Gasteiger partial charge in [0.15, 0.2) is 0 Å². The van der Waals surface area contributed by atoms with Crippen molar-refractivity contribution in [1.29, 1.82) is 0 Å². The summed E-state index contributed by atoms with van der Waals surface area (Å²) >= 11 is 5.95. The lowest BCUT2D eigenvalue weighted by Crippen LogP contribution is -2.34. The van der Waals surface area contributed by atoms with Gasteiger partial charge in [0.05, 0.1) is 6.33 Å². The van der Waals surface area contributed by atoms with E-state index >= 15 is 0 Å². The fourth-order valence-corrected chi connectivity index (χ4v) is 4.19. The molecule has 1 saturated carbocycles. The highest BCUT2D eigenvalue weighted by atomic mass is 35.5. The monoisotopic (exact) mass is 305 g/mol. The Morgan fingerprint density at radius 2 is 2.11 bits per heavy atom. The van der Waals surface area contributed by atoms with Gasteiger partial charge in [-0.15, -0.1) is 0 Å². The van der Waals surface area contributed by atoms with E-state index < -0.39 is 10.0 Å². The van der Waals surface area contributed by atoms with Crippen molar-refractivity contribution in [3.05, 3.63) is 11.5 Å². The van der Waals surface area contributed by atoms with Crippen molar-refractivity contribution in [3.8, 4) is 0 Å². The van der Waals surface area contributed by atoms with E-state index in [9.17, 15) is 8.42 Å². The molecule has 108 valence electrons. The van der Waals surface area contributed by atoms with Crippen molar-refractivity contribution in [1.82, 2.24) is 14.3 Å². The molecule has 0 bridgehead atoms. The molecule has 2 unspecified atom stereocenters. The summed E-state index contributed by atoms with van der Waals surface area (Å²) in [6.07, 6.45) is 6.46. The summed E-state index contributed by atoms with van der Waals surface area (Å²) < 4.78 is 28.7. The number of nitrogens with one attached hydrogen (secondary N) is 1. The Hall–Kier alpha value is -0.590. The van der Waals surface area contributed by atoms with Crippen LogP contribution in [0.3, 0.4) is 0 Å². The van der Waals surface area contributed by atoms with Gasteiger partial charge in [-0.1, -0.05) is 31.4 Å². The zero-order valence-corrected chi connectivity index (χ0v) is 12.8. The first-order chi connectivity index (χ1) is 8.90. The van der Waals surface area contributed by atoms with E-state index in [0.717, 1.165) is 25.7 Å². The maximum Gasteiger partial charge on any atom is 0.261 e. The predicted octanol–water partition coefficient (Wildman–Crippen LogP) is 2.32. The number of nitrogens with zero attached hydrogens (tertiary/aromatic N) is 2. The fraction of sp³-hybridized carbons (Fsp3) is 0.750. The molecule has 19 heavy (non-hydrogen) atoms. The third-order valence-corrected chi connectivity index (χ3v) is 5.68. The molecule has 1 aromatic rings. The van der Waals surface area contributed by atoms with E-state index in [1.807, 2.05) is 0 Å². The highest BCUT2D eigenvalue weighted by molar-refractivity contribution is 7.89. The molecule has 5 nitrogen and oxygen atoms in total. The van der Waals surface area contributed by atoms with E-state index in [1.165, 1.54) is 17.3 Å². The molecule has 1 fully saturated rings. The van der Waals surface area contributed by atoms with Crippen LogP contribution in [0.5, 0.6) is 0 Å². The molecular weight excluding hydrogens is 286 g/mol. The van der Waals surface area contributed by atoms with E-state index in [-0.39, 0.29) is 16.2 Å². The second kappa shape index (κ2) is 5.81. The van der Waals surface area contributed by atoms with Gasteiger partial charge >= 0.3 is 0 Å². The van der Waals surface area contributed by atoms with E-state index in [4.69, 9.17) is 11.6 Å². The molecule has 0 aromatic carbocycles. The highest BCUT2D eigenvalue weighted by Gasteiger charge is 2.26. The molecule has 1 aliphatic carbocycles. The first kappa shape index (κ1) is 14.8. The molecule has 1 aromatic heterocycles. The zero-order valence-electron chi connectivity index (χ0n) is 11.3. The maximum absolute atomic E-state index is 12.3. The third-order valence-electron chi connectivity index (χ3n) is 3.67. The topological polar surface area (TPSA) is 64.0 Å². The number of hydrogen-bond donors (Lipinski definition) is 1. The van der Waals surface area contributed by atoms with Gasteiger partial charge in [-0.25, -0.2) is 18.1 Å². The number of rotatable bonds is 3. The van der Waals surface area contributed by atoms with Gasteiger partial charge in [0.25, 0.3) is 10.0 Å². The van der Waals surface area contributed by atoms with Crippen LogP contribution in [-0.4, -0.2) is 24.0 Å². The summed E-state index contributed by atoms with van der Waals surface area (Å²) in [4.78, 5) is 3.87. The standard InChI is InChI=1S/C12H20ClN3O2S/c1-9-4-3-5-10(7-6-9)15-19(17,18)12-11(13)16(2)8-14-12/h8-10,15H,3-7H2,1-2H3. The molecule has 1 heterocycles. The highest BCUT2D eigenvalue weighted by Crippen LogP contribution is 2.25. The van der Waals surface area contributed by atoms with Crippen LogP contribution in [-0.2, 0) is 17.1 Å². The molecule has 2 atom stereocenters. The average Bonchev–Trinajstić information content (AvgIpc) is 2.55. The molecule has 7 heteroatoms. The summed E-state index contributed by atoms with van der Waals surface area (Å²) in [6, 6.07) is -0.00646. The molecule has 0 spiro atoms. The van der Waals surface area contributed by atoms with Crippen molar-refractivity contribution < 1.29 is 8.42 Å². The molecule has 1 aliphatic rings. The third kappa shape index (κ3) is 3.49. The van der Waals surface area contributed by atoms with Crippen LogP contribution in [0.4, 0.5) is 0 Å². The largest absolute Gasteiger partial charge is 0.324 e. The predicted molar refractivity (Wildman–Crippen MR) is 74.6 cm³/mol. The number of imidazole rings is 1. The van der Waals surface area contributed by atoms with Crippen LogP contribution >= 0.6 is 11.6 Å². The molecule has 0 saturated heterocycles. The number of aromatic nitrogens is 2. The first-order valence-electron chi connectivity index (χ1n) is 6.59. The molecule has 2 rings (SSSR count). The number of aryl methyl sites for hydroxylation is 1. The Balaban J connectivity index is 2.11. The Morgan fingerprint density at radius 1 is 1.37 bits per heavy atom. The summed E-state index contributed by atoms with van der Waals surface area (Å²) in [6.45, 7) is 2.21. The minimum Gasteiger partial charge on any atom is -0.324 e. The lowest BCUT2D eigenvalue weighted by molar-refractivity contribution is 0.484. The summed E-state index contributed by atoms with van der Waals surface area (Å²) in [7, 11) is -1.95.